The maximum atomic E-state index is 6.73. The van der Waals surface area contributed by atoms with Crippen molar-refractivity contribution in [2.45, 2.75) is 0 Å². The van der Waals surface area contributed by atoms with Crippen LogP contribution in [0.2, 0.25) is 0 Å². The van der Waals surface area contributed by atoms with E-state index >= 15 is 0 Å². The van der Waals surface area contributed by atoms with Crippen molar-refractivity contribution in [2.24, 2.45) is 0 Å². The third-order valence-electron chi connectivity index (χ3n) is 11.8. The van der Waals surface area contributed by atoms with Crippen molar-refractivity contribution in [1.29, 1.82) is 0 Å². The maximum Gasteiger partial charge on any atom is 0.143 e. The van der Waals surface area contributed by atoms with Gasteiger partial charge in [0.1, 0.15) is 11.2 Å². The van der Waals surface area contributed by atoms with Crippen molar-refractivity contribution in [1.82, 2.24) is 0 Å². The second kappa shape index (κ2) is 13.6. The van der Waals surface area contributed by atoms with Gasteiger partial charge in [-0.1, -0.05) is 152 Å². The van der Waals surface area contributed by atoms with Gasteiger partial charge in [0.05, 0.1) is 11.1 Å². The molecule has 0 spiro atoms. The van der Waals surface area contributed by atoms with Gasteiger partial charge in [0, 0.05) is 42.3 Å². The molecule has 0 saturated heterocycles. The van der Waals surface area contributed by atoms with Gasteiger partial charge in [-0.15, -0.1) is 11.3 Å². The number of rotatable bonds is 6. The molecule has 0 radical (unpaired) electrons. The lowest BCUT2D eigenvalue weighted by Gasteiger charge is -2.27. The van der Waals surface area contributed by atoms with E-state index in [0.717, 1.165) is 44.4 Å². The fourth-order valence-corrected chi connectivity index (χ4v) is 10.3. The Kier molecular flexibility index (Phi) is 7.75. The SMILES string of the molecule is c1cc(-c2ccc(N(c3cccc(-c4cccc5sc6ccccc6c45)c3)c3cccc4oc5c6ccccc6ccc5c34)cc2)cc(-c2cccc3ccccc23)c1. The number of benzene rings is 10. The predicted octanol–water partition coefficient (Wildman–Crippen LogP) is 16.7. The van der Waals surface area contributed by atoms with Crippen molar-refractivity contribution >= 4 is 92.1 Å². The van der Waals surface area contributed by atoms with Gasteiger partial charge in [-0.2, -0.15) is 0 Å². The van der Waals surface area contributed by atoms with Crippen molar-refractivity contribution in [2.75, 3.05) is 4.90 Å². The number of hydrogen-bond donors (Lipinski definition) is 0. The van der Waals surface area contributed by atoms with Crippen molar-refractivity contribution in [3.8, 4) is 33.4 Å². The molecule has 0 bridgehead atoms. The monoisotopic (exact) mass is 769 g/mol. The van der Waals surface area contributed by atoms with Crippen molar-refractivity contribution < 1.29 is 4.42 Å². The van der Waals surface area contributed by atoms with Crippen LogP contribution in [0.3, 0.4) is 0 Å². The quantitative estimate of drug-likeness (QED) is 0.167. The van der Waals surface area contributed by atoms with E-state index in [4.69, 9.17) is 4.42 Å². The van der Waals surface area contributed by atoms with Gasteiger partial charge < -0.3 is 9.32 Å². The van der Waals surface area contributed by atoms with E-state index in [0.29, 0.717) is 0 Å². The normalized spacial score (nSPS) is 11.7. The molecule has 0 fully saturated rings. The number of anilines is 3. The summed E-state index contributed by atoms with van der Waals surface area (Å²) in [5.74, 6) is 0. The molecule has 59 heavy (non-hydrogen) atoms. The van der Waals surface area contributed by atoms with Crippen LogP contribution in [0.4, 0.5) is 17.1 Å². The molecule has 0 amide bonds. The molecule has 3 heteroatoms. The van der Waals surface area contributed by atoms with Crippen LogP contribution in [0.25, 0.3) is 97.0 Å². The zero-order valence-corrected chi connectivity index (χ0v) is 32.8. The molecule has 10 aromatic carbocycles. The summed E-state index contributed by atoms with van der Waals surface area (Å²) in [6, 6.07) is 76.9. The van der Waals surface area contributed by atoms with Gasteiger partial charge in [-0.25, -0.2) is 0 Å². The number of furan rings is 1. The molecule has 0 aliphatic rings. The summed E-state index contributed by atoms with van der Waals surface area (Å²) in [7, 11) is 0. The van der Waals surface area contributed by atoms with Gasteiger partial charge in [0.25, 0.3) is 0 Å². The standard InChI is InChI=1S/C56H35NOS/c1-3-19-44-37(12-1)14-9-22-45(44)40-16-7-15-39(34-40)36-28-31-42(32-29-36)57(50-24-11-25-51-55(50)49-33-30-38-13-2-4-20-47(38)56(49)58-51)43-18-8-17-41(35-43)46-23-10-27-53-54(46)48-21-5-6-26-52(48)59-53/h1-35H. The van der Waals surface area contributed by atoms with Crippen molar-refractivity contribution in [3.05, 3.63) is 212 Å². The highest BCUT2D eigenvalue weighted by molar-refractivity contribution is 7.25. The molecule has 0 aliphatic carbocycles. The molecule has 0 atom stereocenters. The minimum absolute atomic E-state index is 0.867. The molecule has 2 nitrogen and oxygen atoms in total. The molecule has 0 N–H and O–H groups in total. The molecule has 0 saturated carbocycles. The summed E-state index contributed by atoms with van der Waals surface area (Å²) in [5.41, 5.74) is 12.2. The Labute approximate surface area is 345 Å². The van der Waals surface area contributed by atoms with Crippen LogP contribution in [0, 0.1) is 0 Å². The second-order valence-electron chi connectivity index (χ2n) is 15.2. The smallest absolute Gasteiger partial charge is 0.143 e. The summed E-state index contributed by atoms with van der Waals surface area (Å²) >= 11 is 1.86. The van der Waals surface area contributed by atoms with E-state index in [9.17, 15) is 0 Å². The summed E-state index contributed by atoms with van der Waals surface area (Å²) in [6.45, 7) is 0. The number of hydrogen-bond acceptors (Lipinski definition) is 3. The lowest BCUT2D eigenvalue weighted by atomic mass is 9.95. The van der Waals surface area contributed by atoms with Gasteiger partial charge in [0.2, 0.25) is 0 Å². The molecule has 276 valence electrons. The molecule has 2 heterocycles. The van der Waals surface area contributed by atoms with Gasteiger partial charge >= 0.3 is 0 Å². The fraction of sp³-hybridized carbons (Fsp3) is 0. The average Bonchev–Trinajstić information content (AvgIpc) is 3.89. The van der Waals surface area contributed by atoms with E-state index < -0.39 is 0 Å². The maximum absolute atomic E-state index is 6.73. The molecule has 12 rings (SSSR count). The summed E-state index contributed by atoms with van der Waals surface area (Å²) in [6.07, 6.45) is 0. The number of fused-ring (bicyclic) bond motifs is 9. The van der Waals surface area contributed by atoms with Crippen LogP contribution in [0.15, 0.2) is 217 Å². The first kappa shape index (κ1) is 33.7. The third kappa shape index (κ3) is 5.55. The van der Waals surface area contributed by atoms with Crippen LogP contribution in [0.1, 0.15) is 0 Å². The zero-order chi connectivity index (χ0) is 38.9. The van der Waals surface area contributed by atoms with Crippen LogP contribution >= 0.6 is 11.3 Å². The van der Waals surface area contributed by atoms with E-state index in [2.05, 4.69) is 217 Å². The van der Waals surface area contributed by atoms with Gasteiger partial charge in [0.15, 0.2) is 0 Å². The zero-order valence-electron chi connectivity index (χ0n) is 32.0. The van der Waals surface area contributed by atoms with Crippen LogP contribution in [0.5, 0.6) is 0 Å². The summed E-state index contributed by atoms with van der Waals surface area (Å²) in [4.78, 5) is 2.40. The van der Waals surface area contributed by atoms with Crippen LogP contribution < -0.4 is 4.90 Å². The highest BCUT2D eigenvalue weighted by Gasteiger charge is 2.21. The Balaban J connectivity index is 1.03. The molecular weight excluding hydrogens is 735 g/mol. The highest BCUT2D eigenvalue weighted by Crippen LogP contribution is 2.46. The Hall–Kier alpha value is -7.46. The summed E-state index contributed by atoms with van der Waals surface area (Å²) in [5, 5.41) is 9.60. The Morgan fingerprint density at radius 1 is 0.356 bits per heavy atom. The van der Waals surface area contributed by atoms with Crippen molar-refractivity contribution in [3.63, 3.8) is 0 Å². The minimum Gasteiger partial charge on any atom is -0.455 e. The molecule has 12 aromatic rings. The lowest BCUT2D eigenvalue weighted by molar-refractivity contribution is 0.672. The Bertz CT molecular complexity index is 3570. The topological polar surface area (TPSA) is 16.4 Å². The van der Waals surface area contributed by atoms with E-state index in [-0.39, 0.29) is 0 Å². The lowest BCUT2D eigenvalue weighted by Crippen LogP contribution is -2.10. The fourth-order valence-electron chi connectivity index (χ4n) is 9.12. The molecule has 0 unspecified atom stereocenters. The second-order valence-corrected chi connectivity index (χ2v) is 16.3. The third-order valence-corrected chi connectivity index (χ3v) is 13.0. The first-order valence-corrected chi connectivity index (χ1v) is 20.9. The van der Waals surface area contributed by atoms with E-state index in [1.54, 1.807) is 0 Å². The highest BCUT2D eigenvalue weighted by atomic mass is 32.1. The van der Waals surface area contributed by atoms with Crippen LogP contribution in [-0.4, -0.2) is 0 Å². The first-order valence-electron chi connectivity index (χ1n) is 20.1. The number of nitrogens with zero attached hydrogens (tertiary/aromatic N) is 1. The first-order chi connectivity index (χ1) is 29.2. The Morgan fingerprint density at radius 2 is 1.00 bits per heavy atom. The molecule has 0 aliphatic heterocycles. The van der Waals surface area contributed by atoms with Gasteiger partial charge in [-0.05, 0) is 110 Å². The minimum atomic E-state index is 0.867. The Morgan fingerprint density at radius 3 is 1.88 bits per heavy atom. The number of thiophene rings is 1. The van der Waals surface area contributed by atoms with E-state index in [1.165, 1.54) is 69.7 Å². The summed E-state index contributed by atoms with van der Waals surface area (Å²) < 4.78 is 9.33. The largest absolute Gasteiger partial charge is 0.455 e. The predicted molar refractivity (Wildman–Crippen MR) is 253 cm³/mol. The average molecular weight is 770 g/mol. The van der Waals surface area contributed by atoms with Crippen LogP contribution in [-0.2, 0) is 0 Å². The molecular formula is C56H35NOS. The molecule has 2 aromatic heterocycles. The van der Waals surface area contributed by atoms with E-state index in [1.807, 2.05) is 11.3 Å². The van der Waals surface area contributed by atoms with Gasteiger partial charge in [-0.3, -0.25) is 0 Å².